The molecule has 118 valence electrons. The van der Waals surface area contributed by atoms with Crippen LogP contribution >= 0.6 is 19.4 Å². The Kier molecular flexibility index (Phi) is 8.90. The van der Waals surface area contributed by atoms with Gasteiger partial charge in [-0.15, -0.1) is 0 Å². The molecule has 25 heavy (non-hydrogen) atoms. The van der Waals surface area contributed by atoms with Crippen molar-refractivity contribution in [2.75, 3.05) is 0 Å². The zero-order valence-electron chi connectivity index (χ0n) is 13.6. The van der Waals surface area contributed by atoms with E-state index in [4.69, 9.17) is 0 Å². The van der Waals surface area contributed by atoms with Crippen molar-refractivity contribution in [2.24, 2.45) is 0 Å². The van der Waals surface area contributed by atoms with Crippen molar-refractivity contribution >= 4 is 36.5 Å². The molecule has 2 N–H and O–H groups in total. The molecule has 1 aromatic carbocycles. The van der Waals surface area contributed by atoms with E-state index in [1.165, 1.54) is 24.2 Å². The van der Waals surface area contributed by atoms with Crippen molar-refractivity contribution in [1.82, 2.24) is 15.0 Å². The van der Waals surface area contributed by atoms with Crippen molar-refractivity contribution in [3.05, 3.63) is 58.5 Å². The summed E-state index contributed by atoms with van der Waals surface area (Å²) in [4.78, 5) is 44.2. The van der Waals surface area contributed by atoms with E-state index in [0.29, 0.717) is 22.4 Å². The summed E-state index contributed by atoms with van der Waals surface area (Å²) in [7, 11) is -4.72. The largest absolute Gasteiger partial charge is 1.00 e. The maximum absolute atomic E-state index is 11.7. The van der Waals surface area contributed by atoms with Gasteiger partial charge in [0.1, 0.15) is 11.0 Å². The Morgan fingerprint density at radius 3 is 2.56 bits per heavy atom. The van der Waals surface area contributed by atoms with Crippen LogP contribution in [0.15, 0.2) is 57.2 Å². The molecule has 0 atom stereocenters. The SMILES string of the molecule is O=c1[nH]cnc2c(Sc3ccccc3/C=C/P(=O)([O-])[O-])c[nH]c12.[Na+].[Na+]. The summed E-state index contributed by atoms with van der Waals surface area (Å²) in [6, 6.07) is 7.02. The van der Waals surface area contributed by atoms with Gasteiger partial charge >= 0.3 is 59.1 Å². The number of nitrogens with one attached hydrogen (secondary N) is 2. The van der Waals surface area contributed by atoms with Crippen LogP contribution in [0.25, 0.3) is 17.1 Å². The molecule has 3 rings (SSSR count). The molecule has 0 aliphatic rings. The Morgan fingerprint density at radius 2 is 1.84 bits per heavy atom. The van der Waals surface area contributed by atoms with E-state index in [1.54, 1.807) is 30.5 Å². The summed E-state index contributed by atoms with van der Waals surface area (Å²) in [6.07, 6.45) is 4.24. The molecule has 3 aromatic rings. The Labute approximate surface area is 191 Å². The predicted octanol–water partition coefficient (Wildman–Crippen LogP) is -4.71. The van der Waals surface area contributed by atoms with Crippen molar-refractivity contribution in [2.45, 2.75) is 9.79 Å². The summed E-state index contributed by atoms with van der Waals surface area (Å²) in [5.74, 6) is 0.643. The fraction of sp³-hybridized carbons (Fsp3) is 0. The first-order valence-electron chi connectivity index (χ1n) is 6.47. The Morgan fingerprint density at radius 1 is 1.12 bits per heavy atom. The molecule has 2 aromatic heterocycles. The smallest absolute Gasteiger partial charge is 0.808 e. The first kappa shape index (κ1) is 22.9. The van der Waals surface area contributed by atoms with Gasteiger partial charge in [0.15, 0.2) is 0 Å². The topological polar surface area (TPSA) is 125 Å². The van der Waals surface area contributed by atoms with Gasteiger partial charge in [-0.25, -0.2) is 4.98 Å². The third-order valence-electron chi connectivity index (χ3n) is 3.01. The van der Waals surface area contributed by atoms with Gasteiger partial charge in [-0.3, -0.25) is 4.79 Å². The molecule has 0 saturated carbocycles. The fourth-order valence-corrected chi connectivity index (χ4v) is 3.36. The molecule has 0 spiro atoms. The van der Waals surface area contributed by atoms with Crippen LogP contribution in [-0.4, -0.2) is 15.0 Å². The van der Waals surface area contributed by atoms with Gasteiger partial charge < -0.3 is 24.3 Å². The van der Waals surface area contributed by atoms with Crippen molar-refractivity contribution < 1.29 is 73.5 Å². The van der Waals surface area contributed by atoms with E-state index in [9.17, 15) is 19.1 Å². The van der Waals surface area contributed by atoms with Gasteiger partial charge in [0.25, 0.3) is 5.56 Å². The first-order chi connectivity index (χ1) is 10.9. The average molecular weight is 393 g/mol. The normalized spacial score (nSPS) is 11.3. The summed E-state index contributed by atoms with van der Waals surface area (Å²) < 4.78 is 10.8. The number of benzene rings is 1. The number of H-pyrrole nitrogens is 2. The average Bonchev–Trinajstić information content (AvgIpc) is 2.90. The van der Waals surface area contributed by atoms with Crippen LogP contribution in [0.3, 0.4) is 0 Å². The van der Waals surface area contributed by atoms with E-state index in [0.717, 1.165) is 9.79 Å². The zero-order chi connectivity index (χ0) is 16.4. The van der Waals surface area contributed by atoms with Crippen LogP contribution in [0.5, 0.6) is 0 Å². The number of rotatable bonds is 4. The standard InChI is InChI=1S/C14H12N3O4PS.2Na/c18-14-13-12(16-8-17-14)11(7-15-13)23-10-4-2-1-3-9(10)5-6-22(19,20)21;;/h1-8,15H,(H,16,17,18)(H2,19,20,21);;/q;2*+1/p-2/b6-5+;;. The summed E-state index contributed by atoms with van der Waals surface area (Å²) >= 11 is 1.32. The molecule has 0 aliphatic carbocycles. The number of fused-ring (bicyclic) bond motifs is 1. The Bertz CT molecular complexity index is 999. The third-order valence-corrected chi connectivity index (χ3v) is 4.65. The van der Waals surface area contributed by atoms with E-state index in [2.05, 4.69) is 15.0 Å². The second-order valence-electron chi connectivity index (χ2n) is 4.60. The number of hydrogen-bond acceptors (Lipinski definition) is 6. The molecule has 0 amide bonds. The first-order valence-corrected chi connectivity index (χ1v) is 8.89. The molecule has 0 unspecified atom stereocenters. The van der Waals surface area contributed by atoms with E-state index in [1.807, 2.05) is 0 Å². The minimum atomic E-state index is -4.72. The Hall–Kier alpha value is -0.120. The number of aromatic amines is 2. The number of hydrogen-bond donors (Lipinski definition) is 2. The molecule has 7 nitrogen and oxygen atoms in total. The molecular weight excluding hydrogens is 383 g/mol. The molecule has 2 heterocycles. The minimum Gasteiger partial charge on any atom is -0.808 e. The molecule has 0 saturated heterocycles. The number of aromatic nitrogens is 3. The summed E-state index contributed by atoms with van der Waals surface area (Å²) in [5.41, 5.74) is 1.21. The number of nitrogens with zero attached hydrogens (tertiary/aromatic N) is 1. The van der Waals surface area contributed by atoms with Crippen LogP contribution in [0, 0.1) is 0 Å². The van der Waals surface area contributed by atoms with Gasteiger partial charge in [0.05, 0.1) is 11.2 Å². The minimum absolute atomic E-state index is 0. The van der Waals surface area contributed by atoms with Crippen molar-refractivity contribution in [1.29, 1.82) is 0 Å². The van der Waals surface area contributed by atoms with Crippen LogP contribution in [-0.2, 0) is 4.57 Å². The predicted molar refractivity (Wildman–Crippen MR) is 83.9 cm³/mol. The fourth-order valence-electron chi connectivity index (χ4n) is 2.01. The van der Waals surface area contributed by atoms with Crippen LogP contribution in [0.1, 0.15) is 5.56 Å². The molecule has 0 bridgehead atoms. The maximum atomic E-state index is 11.7. The monoisotopic (exact) mass is 393 g/mol. The van der Waals surface area contributed by atoms with Crippen molar-refractivity contribution in [3.8, 4) is 0 Å². The third kappa shape index (κ3) is 5.94. The Balaban J connectivity index is 0.00000156. The van der Waals surface area contributed by atoms with E-state index in [-0.39, 0.29) is 64.7 Å². The van der Waals surface area contributed by atoms with Crippen molar-refractivity contribution in [3.63, 3.8) is 0 Å². The maximum Gasteiger partial charge on any atom is 1.00 e. The van der Waals surface area contributed by atoms with Gasteiger partial charge in [-0.05, 0) is 19.2 Å². The van der Waals surface area contributed by atoms with Gasteiger partial charge in [-0.1, -0.05) is 41.9 Å². The van der Waals surface area contributed by atoms with Crippen LogP contribution in [0.4, 0.5) is 0 Å². The summed E-state index contributed by atoms with van der Waals surface area (Å²) in [6.45, 7) is 0. The molecular formula is C14H10N3Na2O4PS. The summed E-state index contributed by atoms with van der Waals surface area (Å²) in [5, 5.41) is 0. The van der Waals surface area contributed by atoms with Gasteiger partial charge in [0, 0.05) is 11.1 Å². The van der Waals surface area contributed by atoms with Crippen LogP contribution < -0.4 is 74.5 Å². The van der Waals surface area contributed by atoms with Gasteiger partial charge in [0.2, 0.25) is 0 Å². The quantitative estimate of drug-likeness (QED) is 0.339. The molecule has 11 heteroatoms. The zero-order valence-corrected chi connectivity index (χ0v) is 19.3. The molecule has 0 radical (unpaired) electrons. The molecule has 0 aliphatic heterocycles. The van der Waals surface area contributed by atoms with Gasteiger partial charge in [-0.2, -0.15) is 0 Å². The second kappa shape index (κ2) is 9.71. The van der Waals surface area contributed by atoms with E-state index >= 15 is 0 Å². The molecule has 0 fully saturated rings. The second-order valence-corrected chi connectivity index (χ2v) is 7.07. The van der Waals surface area contributed by atoms with Crippen LogP contribution in [0.2, 0.25) is 0 Å². The van der Waals surface area contributed by atoms with E-state index < -0.39 is 7.60 Å².